The molecule has 0 heterocycles. The van der Waals surface area contributed by atoms with Crippen molar-refractivity contribution >= 4 is 0 Å². The average molecular weight is 219 g/mol. The molecular formula is C13H17NO2. The van der Waals surface area contributed by atoms with Crippen LogP contribution in [0.4, 0.5) is 0 Å². The largest absolute Gasteiger partial charge is 0.504 e. The number of hydrogen-bond donors (Lipinski definition) is 2. The van der Waals surface area contributed by atoms with Crippen LogP contribution in [0, 0.1) is 11.8 Å². The fourth-order valence-electron chi connectivity index (χ4n) is 1.30. The zero-order valence-corrected chi connectivity index (χ0v) is 9.71. The number of nitrogens with one attached hydrogen (secondary N) is 1. The molecule has 0 spiro atoms. The van der Waals surface area contributed by atoms with Gasteiger partial charge in [0.2, 0.25) is 0 Å². The maximum atomic E-state index is 9.51. The maximum Gasteiger partial charge on any atom is 0.161 e. The van der Waals surface area contributed by atoms with Gasteiger partial charge in [0.25, 0.3) is 0 Å². The first-order chi connectivity index (χ1) is 7.77. The van der Waals surface area contributed by atoms with E-state index < -0.39 is 0 Å². The van der Waals surface area contributed by atoms with Crippen LogP contribution in [0.3, 0.4) is 0 Å². The highest BCUT2D eigenvalue weighted by Crippen LogP contribution is 2.26. The Morgan fingerprint density at radius 1 is 1.44 bits per heavy atom. The van der Waals surface area contributed by atoms with Gasteiger partial charge in [-0.15, -0.1) is 5.92 Å². The Balaban J connectivity index is 2.58. The molecule has 0 unspecified atom stereocenters. The number of phenols is 1. The summed E-state index contributed by atoms with van der Waals surface area (Å²) in [6.07, 6.45) is 0. The Morgan fingerprint density at radius 2 is 2.25 bits per heavy atom. The smallest absolute Gasteiger partial charge is 0.161 e. The van der Waals surface area contributed by atoms with Crippen molar-refractivity contribution in [3.63, 3.8) is 0 Å². The van der Waals surface area contributed by atoms with E-state index in [2.05, 4.69) is 17.2 Å². The van der Waals surface area contributed by atoms with Crippen LogP contribution in [-0.4, -0.2) is 18.3 Å². The van der Waals surface area contributed by atoms with E-state index in [4.69, 9.17) is 4.74 Å². The van der Waals surface area contributed by atoms with E-state index >= 15 is 0 Å². The first-order valence-electron chi connectivity index (χ1n) is 5.33. The van der Waals surface area contributed by atoms with Crippen molar-refractivity contribution in [3.05, 3.63) is 23.8 Å². The summed E-state index contributed by atoms with van der Waals surface area (Å²) >= 11 is 0. The molecule has 0 aliphatic rings. The Morgan fingerprint density at radius 3 is 2.94 bits per heavy atom. The molecule has 0 saturated carbocycles. The van der Waals surface area contributed by atoms with Gasteiger partial charge < -0.3 is 15.2 Å². The number of benzene rings is 1. The summed E-state index contributed by atoms with van der Waals surface area (Å²) in [5, 5.41) is 12.7. The van der Waals surface area contributed by atoms with Crippen molar-refractivity contribution in [1.29, 1.82) is 0 Å². The lowest BCUT2D eigenvalue weighted by molar-refractivity contribution is 0.317. The van der Waals surface area contributed by atoms with Crippen molar-refractivity contribution in [3.8, 4) is 23.3 Å². The first-order valence-corrected chi connectivity index (χ1v) is 5.33. The van der Waals surface area contributed by atoms with E-state index in [1.165, 1.54) is 0 Å². The van der Waals surface area contributed by atoms with Gasteiger partial charge in [-0.1, -0.05) is 12.0 Å². The van der Waals surface area contributed by atoms with Gasteiger partial charge in [0.05, 0.1) is 13.2 Å². The Labute approximate surface area is 96.4 Å². The summed E-state index contributed by atoms with van der Waals surface area (Å²) in [5.41, 5.74) is 1.07. The molecule has 0 aromatic heterocycles. The fraction of sp³-hybridized carbons (Fsp3) is 0.385. The summed E-state index contributed by atoms with van der Waals surface area (Å²) in [6.45, 7) is 5.64. The lowest BCUT2D eigenvalue weighted by Gasteiger charge is -2.08. The molecule has 0 radical (unpaired) electrons. The SMILES string of the molecule is CC#CCNCc1ccc(O)c(OCC)c1. The summed E-state index contributed by atoms with van der Waals surface area (Å²) in [7, 11) is 0. The molecule has 1 aromatic rings. The van der Waals surface area contributed by atoms with Crippen LogP contribution in [0.5, 0.6) is 11.5 Å². The molecule has 86 valence electrons. The molecule has 3 nitrogen and oxygen atoms in total. The lowest BCUT2D eigenvalue weighted by atomic mass is 10.2. The first kappa shape index (κ1) is 12.4. The van der Waals surface area contributed by atoms with Gasteiger partial charge in [0.15, 0.2) is 11.5 Å². The van der Waals surface area contributed by atoms with E-state index in [-0.39, 0.29) is 5.75 Å². The van der Waals surface area contributed by atoms with Crippen molar-refractivity contribution in [2.24, 2.45) is 0 Å². The average Bonchev–Trinajstić information content (AvgIpc) is 2.29. The van der Waals surface area contributed by atoms with E-state index in [0.29, 0.717) is 18.9 Å². The van der Waals surface area contributed by atoms with Crippen molar-refractivity contribution < 1.29 is 9.84 Å². The van der Waals surface area contributed by atoms with Gasteiger partial charge >= 0.3 is 0 Å². The molecule has 0 bridgehead atoms. The zero-order chi connectivity index (χ0) is 11.8. The topological polar surface area (TPSA) is 41.5 Å². The van der Waals surface area contributed by atoms with Gasteiger partial charge in [0, 0.05) is 6.54 Å². The van der Waals surface area contributed by atoms with Gasteiger partial charge in [-0.05, 0) is 31.5 Å². The molecule has 2 N–H and O–H groups in total. The quantitative estimate of drug-likeness (QED) is 0.587. The zero-order valence-electron chi connectivity index (χ0n) is 9.71. The summed E-state index contributed by atoms with van der Waals surface area (Å²) in [4.78, 5) is 0. The fourth-order valence-corrected chi connectivity index (χ4v) is 1.30. The maximum absolute atomic E-state index is 9.51. The van der Waals surface area contributed by atoms with Crippen LogP contribution in [0.1, 0.15) is 19.4 Å². The van der Waals surface area contributed by atoms with Crippen LogP contribution < -0.4 is 10.1 Å². The van der Waals surface area contributed by atoms with E-state index in [1.807, 2.05) is 26.0 Å². The molecular weight excluding hydrogens is 202 g/mol. The number of rotatable bonds is 5. The van der Waals surface area contributed by atoms with Gasteiger partial charge in [-0.2, -0.15) is 0 Å². The minimum absolute atomic E-state index is 0.180. The molecule has 1 aromatic carbocycles. The highest BCUT2D eigenvalue weighted by Gasteiger charge is 2.02. The van der Waals surface area contributed by atoms with Gasteiger partial charge in [0.1, 0.15) is 0 Å². The Kier molecular flexibility index (Phi) is 5.24. The molecule has 0 fully saturated rings. The minimum atomic E-state index is 0.180. The van der Waals surface area contributed by atoms with E-state index in [1.54, 1.807) is 6.07 Å². The number of hydrogen-bond acceptors (Lipinski definition) is 3. The lowest BCUT2D eigenvalue weighted by Crippen LogP contribution is -2.13. The molecule has 0 aliphatic heterocycles. The Bertz CT molecular complexity index is 391. The van der Waals surface area contributed by atoms with Crippen LogP contribution in [0.2, 0.25) is 0 Å². The van der Waals surface area contributed by atoms with Crippen LogP contribution >= 0.6 is 0 Å². The normalized spacial score (nSPS) is 9.38. The number of aromatic hydroxyl groups is 1. The number of ether oxygens (including phenoxy) is 1. The highest BCUT2D eigenvalue weighted by molar-refractivity contribution is 5.41. The van der Waals surface area contributed by atoms with Crippen LogP contribution in [0.15, 0.2) is 18.2 Å². The van der Waals surface area contributed by atoms with Crippen molar-refractivity contribution in [2.75, 3.05) is 13.2 Å². The van der Waals surface area contributed by atoms with Crippen molar-refractivity contribution in [1.82, 2.24) is 5.32 Å². The van der Waals surface area contributed by atoms with Gasteiger partial charge in [-0.25, -0.2) is 0 Å². The molecule has 0 saturated heterocycles. The van der Waals surface area contributed by atoms with E-state index in [0.717, 1.165) is 12.1 Å². The summed E-state index contributed by atoms with van der Waals surface area (Å²) < 4.78 is 5.30. The second kappa shape index (κ2) is 6.76. The second-order valence-corrected chi connectivity index (χ2v) is 3.27. The predicted molar refractivity (Wildman–Crippen MR) is 64.4 cm³/mol. The van der Waals surface area contributed by atoms with Crippen molar-refractivity contribution in [2.45, 2.75) is 20.4 Å². The summed E-state index contributed by atoms with van der Waals surface area (Å²) in [5.74, 6) is 6.46. The minimum Gasteiger partial charge on any atom is -0.504 e. The molecule has 0 amide bonds. The third-order valence-electron chi connectivity index (χ3n) is 2.04. The molecule has 16 heavy (non-hydrogen) atoms. The predicted octanol–water partition coefficient (Wildman–Crippen LogP) is 1.90. The molecule has 0 atom stereocenters. The third kappa shape index (κ3) is 3.84. The standard InChI is InChI=1S/C13H17NO2/c1-3-5-8-14-10-11-6-7-12(15)13(9-11)16-4-2/h6-7,9,14-15H,4,8,10H2,1-2H3. The van der Waals surface area contributed by atoms with Gasteiger partial charge in [-0.3, -0.25) is 0 Å². The third-order valence-corrected chi connectivity index (χ3v) is 2.04. The molecule has 3 heteroatoms. The second-order valence-electron chi connectivity index (χ2n) is 3.27. The van der Waals surface area contributed by atoms with Crippen LogP contribution in [0.25, 0.3) is 0 Å². The number of phenolic OH excluding ortho intramolecular Hbond substituents is 1. The van der Waals surface area contributed by atoms with Crippen LogP contribution in [-0.2, 0) is 6.54 Å². The molecule has 1 rings (SSSR count). The highest BCUT2D eigenvalue weighted by atomic mass is 16.5. The summed E-state index contributed by atoms with van der Waals surface area (Å²) in [6, 6.07) is 5.35. The monoisotopic (exact) mass is 219 g/mol. The Hall–Kier alpha value is -1.66. The molecule has 0 aliphatic carbocycles. The van der Waals surface area contributed by atoms with E-state index in [9.17, 15) is 5.11 Å².